The number of nitrogens with zero attached hydrogens (tertiary/aromatic N) is 3. The first-order valence-electron chi connectivity index (χ1n) is 10.6. The number of allylic oxidation sites excluding steroid dienone is 1. The molecule has 0 amide bonds. The van der Waals surface area contributed by atoms with Crippen LogP contribution in [0, 0.1) is 18.7 Å². The smallest absolute Gasteiger partial charge is 0.346 e. The molecule has 2 atom stereocenters. The van der Waals surface area contributed by atoms with E-state index in [9.17, 15) is 9.18 Å². The fourth-order valence-corrected chi connectivity index (χ4v) is 6.05. The predicted molar refractivity (Wildman–Crippen MR) is 131 cm³/mol. The van der Waals surface area contributed by atoms with Crippen LogP contribution < -0.4 is 0 Å². The fraction of sp³-hybridized carbons (Fsp3) is 0.375. The lowest BCUT2D eigenvalue weighted by Gasteiger charge is -2.37. The molecule has 0 bridgehead atoms. The quantitative estimate of drug-likeness (QED) is 0.335. The molecule has 1 aromatic carbocycles. The third-order valence-electron chi connectivity index (χ3n) is 5.93. The molecule has 5 nitrogen and oxygen atoms in total. The molecule has 1 aromatic heterocycles. The van der Waals surface area contributed by atoms with E-state index in [0.29, 0.717) is 15.2 Å². The van der Waals surface area contributed by atoms with Gasteiger partial charge in [0.05, 0.1) is 17.7 Å². The Labute approximate surface area is 207 Å². The number of amidine groups is 1. The first-order valence-corrected chi connectivity index (χ1v) is 12.2. The van der Waals surface area contributed by atoms with E-state index in [2.05, 4.69) is 4.98 Å². The van der Waals surface area contributed by atoms with E-state index in [4.69, 9.17) is 32.9 Å². The zero-order valence-corrected chi connectivity index (χ0v) is 21.3. The number of aromatic nitrogens is 1. The highest BCUT2D eigenvalue weighted by atomic mass is 35.5. The Morgan fingerprint density at radius 2 is 2.06 bits per heavy atom. The number of thioether (sulfide) groups is 1. The molecular weight excluding hydrogens is 484 g/mol. The van der Waals surface area contributed by atoms with Crippen LogP contribution in [0.3, 0.4) is 0 Å². The molecule has 0 saturated heterocycles. The summed E-state index contributed by atoms with van der Waals surface area (Å²) in [6.45, 7) is 9.97. The Balaban J connectivity index is 1.95. The molecule has 0 radical (unpaired) electrons. The molecule has 3 heterocycles. The minimum Gasteiger partial charge on any atom is -0.462 e. The Morgan fingerprint density at radius 1 is 1.33 bits per heavy atom. The first kappa shape index (κ1) is 24.0. The number of carbonyl (C=O) groups is 1. The first-order chi connectivity index (χ1) is 15.6. The minimum atomic E-state index is -0.814. The summed E-state index contributed by atoms with van der Waals surface area (Å²) in [5, 5.41) is 1.10. The number of rotatable bonds is 5. The molecule has 0 fully saturated rings. The van der Waals surface area contributed by atoms with Crippen LogP contribution >= 0.6 is 35.0 Å². The molecule has 0 spiro atoms. The third-order valence-corrected chi connectivity index (χ3v) is 7.50. The van der Waals surface area contributed by atoms with Gasteiger partial charge in [-0.3, -0.25) is 0 Å². The highest BCUT2D eigenvalue weighted by molar-refractivity contribution is 8.18. The minimum absolute atomic E-state index is 0.00440. The van der Waals surface area contributed by atoms with E-state index in [1.165, 1.54) is 17.8 Å². The zero-order chi connectivity index (χ0) is 24.1. The van der Waals surface area contributed by atoms with Gasteiger partial charge < -0.3 is 9.64 Å². The lowest BCUT2D eigenvalue weighted by atomic mass is 9.80. The van der Waals surface area contributed by atoms with E-state index in [1.807, 2.05) is 38.7 Å². The Morgan fingerprint density at radius 3 is 2.67 bits per heavy atom. The standard InChI is InChI=1S/C24H24Cl2FN3O2S/c1-6-32-22(31)20-19(12(2)3)30-21(15-10-17(27)16(25)9-13(15)4)24(5,29-23(30)33-20)14-7-8-18(26)28-11-14/h7-12,21H,6H2,1-5H3/t21-,24+/m1/s1. The van der Waals surface area contributed by atoms with E-state index in [-0.39, 0.29) is 23.5 Å². The molecule has 2 aliphatic rings. The van der Waals surface area contributed by atoms with Crippen molar-refractivity contribution in [2.45, 2.75) is 46.2 Å². The molecule has 0 aliphatic carbocycles. The number of aliphatic imine (C=N–C) groups is 1. The molecule has 0 N–H and O–H groups in total. The van der Waals surface area contributed by atoms with Crippen LogP contribution in [-0.4, -0.2) is 27.6 Å². The zero-order valence-electron chi connectivity index (χ0n) is 18.9. The normalized spacial score (nSPS) is 22.2. The van der Waals surface area contributed by atoms with Crippen molar-refractivity contribution in [1.29, 1.82) is 0 Å². The summed E-state index contributed by atoms with van der Waals surface area (Å²) in [6, 6.07) is 6.26. The van der Waals surface area contributed by atoms with Crippen molar-refractivity contribution < 1.29 is 13.9 Å². The summed E-state index contributed by atoms with van der Waals surface area (Å²) in [5.41, 5.74) is 2.38. The maximum absolute atomic E-state index is 14.7. The summed E-state index contributed by atoms with van der Waals surface area (Å²) in [6.07, 6.45) is 1.69. The van der Waals surface area contributed by atoms with E-state index in [0.717, 1.165) is 22.4 Å². The van der Waals surface area contributed by atoms with Crippen LogP contribution in [0.15, 0.2) is 46.1 Å². The van der Waals surface area contributed by atoms with Crippen molar-refractivity contribution in [3.63, 3.8) is 0 Å². The summed E-state index contributed by atoms with van der Waals surface area (Å²) in [4.78, 5) is 24.7. The third kappa shape index (κ3) is 4.04. The number of hydrogen-bond donors (Lipinski definition) is 0. The average Bonchev–Trinajstić information content (AvgIpc) is 3.24. The molecule has 9 heteroatoms. The molecule has 0 saturated carbocycles. The van der Waals surface area contributed by atoms with Crippen molar-refractivity contribution in [2.75, 3.05) is 6.61 Å². The van der Waals surface area contributed by atoms with Crippen LogP contribution in [-0.2, 0) is 15.1 Å². The lowest BCUT2D eigenvalue weighted by molar-refractivity contribution is -0.137. The number of fused-ring (bicyclic) bond motifs is 1. The monoisotopic (exact) mass is 507 g/mol. The van der Waals surface area contributed by atoms with Gasteiger partial charge in [0.2, 0.25) is 0 Å². The summed E-state index contributed by atoms with van der Waals surface area (Å²) in [5.74, 6) is -0.888. The maximum atomic E-state index is 14.7. The second-order valence-electron chi connectivity index (χ2n) is 8.50. The van der Waals surface area contributed by atoms with Gasteiger partial charge in [-0.15, -0.1) is 0 Å². The Kier molecular flexibility index (Phi) is 6.51. The predicted octanol–water partition coefficient (Wildman–Crippen LogP) is 6.64. The second-order valence-corrected chi connectivity index (χ2v) is 10.3. The molecule has 174 valence electrons. The van der Waals surface area contributed by atoms with Gasteiger partial charge in [-0.1, -0.05) is 43.1 Å². The number of aryl methyl sites for hydroxylation is 1. The van der Waals surface area contributed by atoms with Gasteiger partial charge in [-0.2, -0.15) is 0 Å². The number of benzene rings is 1. The fourth-order valence-electron chi connectivity index (χ4n) is 4.42. The van der Waals surface area contributed by atoms with Gasteiger partial charge >= 0.3 is 5.97 Å². The van der Waals surface area contributed by atoms with Crippen LogP contribution in [0.5, 0.6) is 0 Å². The van der Waals surface area contributed by atoms with Crippen molar-refractivity contribution in [3.8, 4) is 0 Å². The number of pyridine rings is 1. The van der Waals surface area contributed by atoms with Gasteiger partial charge in [0.15, 0.2) is 5.17 Å². The van der Waals surface area contributed by atoms with Crippen LogP contribution in [0.25, 0.3) is 0 Å². The highest BCUT2D eigenvalue weighted by Gasteiger charge is 2.54. The van der Waals surface area contributed by atoms with Crippen LogP contribution in [0.2, 0.25) is 10.2 Å². The summed E-state index contributed by atoms with van der Waals surface area (Å²) in [7, 11) is 0. The molecular formula is C24H24Cl2FN3O2S. The lowest BCUT2D eigenvalue weighted by Crippen LogP contribution is -2.36. The van der Waals surface area contributed by atoms with Crippen molar-refractivity contribution in [2.24, 2.45) is 10.9 Å². The largest absolute Gasteiger partial charge is 0.462 e. The SMILES string of the molecule is CCOC(=O)C1=C(C(C)C)N2C(=N[C@@](C)(c3ccc(Cl)nc3)[C@H]2c2cc(F)c(Cl)cc2C)S1. The van der Waals surface area contributed by atoms with Gasteiger partial charge in [-0.05, 0) is 67.8 Å². The number of carbonyl (C=O) groups excluding carboxylic acids is 1. The van der Waals surface area contributed by atoms with Crippen LogP contribution in [0.4, 0.5) is 4.39 Å². The van der Waals surface area contributed by atoms with Gasteiger partial charge in [-0.25, -0.2) is 19.2 Å². The number of ether oxygens (including phenoxy) is 1. The molecule has 4 rings (SSSR count). The average molecular weight is 508 g/mol. The van der Waals surface area contributed by atoms with E-state index < -0.39 is 17.4 Å². The number of esters is 1. The Hall–Kier alpha value is -2.09. The van der Waals surface area contributed by atoms with Gasteiger partial charge in [0.1, 0.15) is 21.4 Å². The number of hydrogen-bond acceptors (Lipinski definition) is 6. The van der Waals surface area contributed by atoms with E-state index >= 15 is 0 Å². The molecule has 2 aliphatic heterocycles. The summed E-state index contributed by atoms with van der Waals surface area (Å²) >= 11 is 13.4. The molecule has 2 aromatic rings. The maximum Gasteiger partial charge on any atom is 0.346 e. The van der Waals surface area contributed by atoms with Crippen molar-refractivity contribution in [3.05, 3.63) is 73.7 Å². The molecule has 0 unspecified atom stereocenters. The topological polar surface area (TPSA) is 54.8 Å². The van der Waals surface area contributed by atoms with Crippen LogP contribution in [0.1, 0.15) is 50.4 Å². The van der Waals surface area contributed by atoms with Crippen molar-refractivity contribution in [1.82, 2.24) is 9.88 Å². The Bertz CT molecular complexity index is 1180. The number of halogens is 3. The van der Waals surface area contributed by atoms with Crippen molar-refractivity contribution >= 4 is 46.1 Å². The van der Waals surface area contributed by atoms with Gasteiger partial charge in [0, 0.05) is 17.5 Å². The molecule has 33 heavy (non-hydrogen) atoms. The van der Waals surface area contributed by atoms with E-state index in [1.54, 1.807) is 25.3 Å². The highest BCUT2D eigenvalue weighted by Crippen LogP contribution is 2.56. The van der Waals surface area contributed by atoms with Gasteiger partial charge in [0.25, 0.3) is 0 Å². The second kappa shape index (κ2) is 8.93. The summed E-state index contributed by atoms with van der Waals surface area (Å²) < 4.78 is 20.0.